The van der Waals surface area contributed by atoms with Crippen molar-refractivity contribution in [2.75, 3.05) is 0 Å². The standard InChI is InChI=1S/C14H16NOS2/c1-14(2,3)18(16)10-15-8-11-9-17-13-7-5-4-6-12(11)13/h4-10H,1-3H3/q+1. The van der Waals surface area contributed by atoms with E-state index in [-0.39, 0.29) is 4.75 Å². The van der Waals surface area contributed by atoms with Crippen molar-refractivity contribution in [1.82, 2.24) is 4.67 Å². The van der Waals surface area contributed by atoms with Crippen molar-refractivity contribution in [3.8, 4) is 0 Å². The van der Waals surface area contributed by atoms with Crippen molar-refractivity contribution < 1.29 is 4.21 Å². The zero-order valence-electron chi connectivity index (χ0n) is 10.7. The highest BCUT2D eigenvalue weighted by Crippen LogP contribution is 2.23. The van der Waals surface area contributed by atoms with Crippen molar-refractivity contribution in [1.29, 1.82) is 0 Å². The van der Waals surface area contributed by atoms with Crippen LogP contribution in [-0.2, 0) is 10.8 Å². The van der Waals surface area contributed by atoms with Gasteiger partial charge in [0, 0.05) is 20.2 Å². The first-order chi connectivity index (χ1) is 8.48. The Labute approximate surface area is 114 Å². The van der Waals surface area contributed by atoms with E-state index in [1.807, 2.05) is 32.9 Å². The smallest absolute Gasteiger partial charge is 0.247 e. The van der Waals surface area contributed by atoms with E-state index in [0.717, 1.165) is 5.56 Å². The van der Waals surface area contributed by atoms with E-state index in [9.17, 15) is 4.21 Å². The van der Waals surface area contributed by atoms with Crippen molar-refractivity contribution in [2.45, 2.75) is 25.5 Å². The summed E-state index contributed by atoms with van der Waals surface area (Å²) in [6.07, 6.45) is 1.78. The van der Waals surface area contributed by atoms with E-state index in [0.29, 0.717) is 0 Å². The molecule has 1 atom stereocenters. The molecule has 18 heavy (non-hydrogen) atoms. The van der Waals surface area contributed by atoms with Gasteiger partial charge in [0.15, 0.2) is 0 Å². The van der Waals surface area contributed by atoms with Gasteiger partial charge in [-0.05, 0) is 26.8 Å². The molecule has 0 aliphatic heterocycles. The number of benzene rings is 1. The van der Waals surface area contributed by atoms with Gasteiger partial charge in [-0.15, -0.1) is 11.3 Å². The van der Waals surface area contributed by atoms with E-state index in [2.05, 4.69) is 22.2 Å². The lowest BCUT2D eigenvalue weighted by atomic mass is 10.2. The van der Waals surface area contributed by atoms with Gasteiger partial charge in [0.05, 0.1) is 5.56 Å². The number of thiophene rings is 1. The lowest BCUT2D eigenvalue weighted by Crippen LogP contribution is -2.22. The van der Waals surface area contributed by atoms with E-state index in [4.69, 9.17) is 0 Å². The number of rotatable bonds is 2. The summed E-state index contributed by atoms with van der Waals surface area (Å²) in [6, 6.07) is 8.21. The van der Waals surface area contributed by atoms with Crippen LogP contribution in [0.15, 0.2) is 29.6 Å². The predicted octanol–water partition coefficient (Wildman–Crippen LogP) is 2.96. The average molecular weight is 278 g/mol. The van der Waals surface area contributed by atoms with Gasteiger partial charge in [0.2, 0.25) is 0 Å². The molecule has 0 saturated carbocycles. The quantitative estimate of drug-likeness (QED) is 0.472. The van der Waals surface area contributed by atoms with Gasteiger partial charge >= 0.3 is 11.8 Å². The van der Waals surface area contributed by atoms with Crippen LogP contribution in [0.4, 0.5) is 0 Å². The normalized spacial score (nSPS) is 13.1. The third kappa shape index (κ3) is 2.96. The van der Waals surface area contributed by atoms with Crippen molar-refractivity contribution >= 4 is 44.0 Å². The molecule has 1 unspecified atom stereocenters. The third-order valence-corrected chi connectivity index (χ3v) is 4.99. The molecular formula is C14H16NOS2+. The fourth-order valence-electron chi connectivity index (χ4n) is 1.42. The zero-order chi connectivity index (χ0) is 13.2. The number of nitrogens with zero attached hydrogens (tertiary/aromatic N) is 1. The molecule has 2 nitrogen and oxygen atoms in total. The second kappa shape index (κ2) is 5.19. The summed E-state index contributed by atoms with van der Waals surface area (Å²) < 4.78 is 17.0. The first-order valence-corrected chi connectivity index (χ1v) is 7.81. The molecular weight excluding hydrogens is 262 g/mol. The molecule has 0 radical (unpaired) electrons. The molecule has 0 fully saturated rings. The summed E-state index contributed by atoms with van der Waals surface area (Å²) in [5.74, 6) is 0. The summed E-state index contributed by atoms with van der Waals surface area (Å²) in [7, 11) is -1.05. The molecule has 1 aromatic heterocycles. The van der Waals surface area contributed by atoms with Crippen molar-refractivity contribution in [2.24, 2.45) is 0 Å². The summed E-state index contributed by atoms with van der Waals surface area (Å²) in [6.45, 7) is 5.82. The Morgan fingerprint density at radius 3 is 2.72 bits per heavy atom. The highest BCUT2D eigenvalue weighted by molar-refractivity contribution is 7.99. The molecule has 0 spiro atoms. The Morgan fingerprint density at radius 2 is 2.00 bits per heavy atom. The largest absolute Gasteiger partial charge is 0.356 e. The third-order valence-electron chi connectivity index (χ3n) is 2.48. The Bertz CT molecular complexity index is 643. The number of fused-ring (bicyclic) bond motifs is 1. The lowest BCUT2D eigenvalue weighted by Gasteiger charge is -2.09. The lowest BCUT2D eigenvalue weighted by molar-refractivity contribution is 0.659. The minimum atomic E-state index is -1.05. The van der Waals surface area contributed by atoms with E-state index >= 15 is 0 Å². The van der Waals surface area contributed by atoms with Crippen LogP contribution in [0.25, 0.3) is 10.1 Å². The molecule has 2 rings (SSSR count). The molecule has 1 aromatic carbocycles. The summed E-state index contributed by atoms with van der Waals surface area (Å²) in [4.78, 5) is 0. The molecule has 94 valence electrons. The van der Waals surface area contributed by atoms with Crippen molar-refractivity contribution in [3.63, 3.8) is 0 Å². The maximum Gasteiger partial charge on any atom is 0.356 e. The van der Waals surface area contributed by atoms with Gasteiger partial charge in [0.25, 0.3) is 0 Å². The van der Waals surface area contributed by atoms with Crippen LogP contribution >= 0.6 is 11.3 Å². The minimum absolute atomic E-state index is 0.256. The topological polar surface area (TPSA) is 31.2 Å². The number of hydrogen-bond acceptors (Lipinski definition) is 2. The molecule has 0 N–H and O–H groups in total. The second-order valence-corrected chi connectivity index (χ2v) is 7.92. The van der Waals surface area contributed by atoms with Crippen LogP contribution in [0.2, 0.25) is 0 Å². The van der Waals surface area contributed by atoms with Gasteiger partial charge in [0.1, 0.15) is 10.8 Å². The zero-order valence-corrected chi connectivity index (χ0v) is 12.3. The van der Waals surface area contributed by atoms with Crippen LogP contribution in [-0.4, -0.2) is 20.7 Å². The van der Waals surface area contributed by atoms with Gasteiger partial charge in [-0.3, -0.25) is 0 Å². The maximum atomic E-state index is 11.8. The molecule has 0 amide bonds. The summed E-state index contributed by atoms with van der Waals surface area (Å²) in [5, 5.41) is 3.27. The van der Waals surface area contributed by atoms with Crippen LogP contribution in [0.3, 0.4) is 0 Å². The highest BCUT2D eigenvalue weighted by atomic mass is 32.2. The summed E-state index contributed by atoms with van der Waals surface area (Å²) in [5.41, 5.74) is 2.60. The van der Waals surface area contributed by atoms with Crippen LogP contribution < -0.4 is 4.67 Å². The molecule has 4 heteroatoms. The van der Waals surface area contributed by atoms with Crippen LogP contribution in [0, 0.1) is 0 Å². The SMILES string of the molecule is CC(C)(C)S(=O)C=[N+]=Cc1csc2ccccc12. The Morgan fingerprint density at radius 1 is 1.28 bits per heavy atom. The Hall–Kier alpha value is -1.22. The average Bonchev–Trinajstić information content (AvgIpc) is 2.71. The van der Waals surface area contributed by atoms with Crippen LogP contribution in [0.1, 0.15) is 26.3 Å². The maximum absolute atomic E-state index is 11.8. The molecule has 0 saturated heterocycles. The fraction of sp³-hybridized carbons (Fsp3) is 0.286. The fourth-order valence-corrected chi connectivity index (χ4v) is 2.82. The minimum Gasteiger partial charge on any atom is -0.247 e. The molecule has 1 heterocycles. The van der Waals surface area contributed by atoms with Crippen molar-refractivity contribution in [3.05, 3.63) is 35.2 Å². The first kappa shape index (κ1) is 13.2. The molecule has 0 aliphatic carbocycles. The molecule has 0 bridgehead atoms. The van der Waals surface area contributed by atoms with Gasteiger partial charge in [-0.2, -0.15) is 0 Å². The summed E-state index contributed by atoms with van der Waals surface area (Å²) >= 11 is 1.70. The van der Waals surface area contributed by atoms with E-state index in [1.54, 1.807) is 17.6 Å². The molecule has 2 aromatic rings. The monoisotopic (exact) mass is 278 g/mol. The van der Waals surface area contributed by atoms with E-state index in [1.165, 1.54) is 15.6 Å². The highest BCUT2D eigenvalue weighted by Gasteiger charge is 2.20. The van der Waals surface area contributed by atoms with Gasteiger partial charge in [-0.25, -0.2) is 4.21 Å². The second-order valence-electron chi connectivity index (χ2n) is 4.98. The Balaban J connectivity index is 2.29. The number of hydrogen-bond donors (Lipinski definition) is 0. The predicted molar refractivity (Wildman–Crippen MR) is 83.1 cm³/mol. The van der Waals surface area contributed by atoms with Gasteiger partial charge < -0.3 is 0 Å². The molecule has 0 aliphatic rings. The first-order valence-electron chi connectivity index (χ1n) is 5.72. The van der Waals surface area contributed by atoms with Crippen LogP contribution in [0.5, 0.6) is 0 Å². The van der Waals surface area contributed by atoms with Gasteiger partial charge in [-0.1, -0.05) is 22.9 Å². The Kier molecular flexibility index (Phi) is 3.81. The van der Waals surface area contributed by atoms with E-state index < -0.39 is 10.8 Å².